The lowest BCUT2D eigenvalue weighted by Gasteiger charge is -2.06. The molecule has 3 heteroatoms. The van der Waals surface area contributed by atoms with Crippen LogP contribution in [0, 0.1) is 5.82 Å². The third-order valence-corrected chi connectivity index (χ3v) is 2.74. The lowest BCUT2D eigenvalue weighted by molar-refractivity contribution is 0.590. The Labute approximate surface area is 95.1 Å². The summed E-state index contributed by atoms with van der Waals surface area (Å²) < 4.78 is 15.5. The monoisotopic (exact) mass is 220 g/mol. The van der Waals surface area contributed by atoms with E-state index in [4.69, 9.17) is 0 Å². The quantitative estimate of drug-likeness (QED) is 0.841. The first-order valence-corrected chi connectivity index (χ1v) is 5.55. The van der Waals surface area contributed by atoms with Crippen LogP contribution in [0.2, 0.25) is 0 Å². The van der Waals surface area contributed by atoms with Crippen LogP contribution < -0.4 is 5.32 Å². The summed E-state index contributed by atoms with van der Waals surface area (Å²) in [6.07, 6.45) is 1.99. The van der Waals surface area contributed by atoms with Crippen molar-refractivity contribution < 1.29 is 4.39 Å². The molecule has 1 N–H and O–H groups in total. The van der Waals surface area contributed by atoms with Crippen molar-refractivity contribution in [2.75, 3.05) is 0 Å². The Morgan fingerprint density at radius 2 is 2.12 bits per heavy atom. The number of aryl methyl sites for hydroxylation is 1. The van der Waals surface area contributed by atoms with Crippen LogP contribution in [0.3, 0.4) is 0 Å². The number of hydrogen-bond acceptors (Lipinski definition) is 1. The number of aromatic nitrogens is 1. The standard InChI is InChI=1S/C13H17FN2/c1-9(2)15-7-10-8-16(3)13-11(10)5-4-6-12(13)14/h4-6,8-9,15H,7H2,1-3H3. The fraction of sp³-hybridized carbons (Fsp3) is 0.385. The number of nitrogens with one attached hydrogen (secondary N) is 1. The first kappa shape index (κ1) is 11.1. The second kappa shape index (κ2) is 4.26. The molecule has 0 spiro atoms. The van der Waals surface area contributed by atoms with E-state index in [9.17, 15) is 4.39 Å². The Kier molecular flexibility index (Phi) is 2.97. The number of halogens is 1. The molecule has 1 aromatic heterocycles. The van der Waals surface area contributed by atoms with Crippen molar-refractivity contribution >= 4 is 10.9 Å². The summed E-state index contributed by atoms with van der Waals surface area (Å²) in [6, 6.07) is 5.66. The Morgan fingerprint density at radius 3 is 2.81 bits per heavy atom. The highest BCUT2D eigenvalue weighted by Gasteiger charge is 2.09. The largest absolute Gasteiger partial charge is 0.348 e. The average molecular weight is 220 g/mol. The maximum absolute atomic E-state index is 13.6. The van der Waals surface area contributed by atoms with Crippen molar-refractivity contribution in [3.63, 3.8) is 0 Å². The summed E-state index contributed by atoms with van der Waals surface area (Å²) in [5, 5.41) is 4.35. The lowest BCUT2D eigenvalue weighted by Crippen LogP contribution is -2.21. The molecule has 2 nitrogen and oxygen atoms in total. The summed E-state index contributed by atoms with van der Waals surface area (Å²) in [5.74, 6) is -0.157. The summed E-state index contributed by atoms with van der Waals surface area (Å²) in [4.78, 5) is 0. The van der Waals surface area contributed by atoms with Crippen LogP contribution in [0.5, 0.6) is 0 Å². The van der Waals surface area contributed by atoms with Crippen molar-refractivity contribution in [2.24, 2.45) is 7.05 Å². The summed E-state index contributed by atoms with van der Waals surface area (Å²) in [7, 11) is 1.88. The first-order chi connectivity index (χ1) is 7.59. The number of para-hydroxylation sites is 1. The molecule has 16 heavy (non-hydrogen) atoms. The molecule has 0 fully saturated rings. The topological polar surface area (TPSA) is 17.0 Å². The van der Waals surface area contributed by atoms with Gasteiger partial charge in [-0.25, -0.2) is 4.39 Å². The SMILES string of the molecule is CC(C)NCc1cn(C)c2c(F)cccc12. The predicted molar refractivity (Wildman–Crippen MR) is 64.9 cm³/mol. The van der Waals surface area contributed by atoms with Gasteiger partial charge in [0, 0.05) is 31.2 Å². The van der Waals surface area contributed by atoms with Gasteiger partial charge in [0.05, 0.1) is 5.52 Å². The maximum atomic E-state index is 13.6. The van der Waals surface area contributed by atoms with Crippen LogP contribution >= 0.6 is 0 Å². The highest BCUT2D eigenvalue weighted by Crippen LogP contribution is 2.22. The van der Waals surface area contributed by atoms with E-state index in [-0.39, 0.29) is 5.82 Å². The van der Waals surface area contributed by atoms with Crippen LogP contribution in [-0.2, 0) is 13.6 Å². The van der Waals surface area contributed by atoms with Gasteiger partial charge >= 0.3 is 0 Å². The van der Waals surface area contributed by atoms with Crippen LogP contribution in [0.4, 0.5) is 4.39 Å². The van der Waals surface area contributed by atoms with Gasteiger partial charge in [0.1, 0.15) is 5.82 Å². The first-order valence-electron chi connectivity index (χ1n) is 5.55. The molecule has 0 aliphatic heterocycles. The smallest absolute Gasteiger partial charge is 0.147 e. The number of benzene rings is 1. The Balaban J connectivity index is 2.43. The molecule has 1 heterocycles. The van der Waals surface area contributed by atoms with Gasteiger partial charge in [-0.15, -0.1) is 0 Å². The van der Waals surface area contributed by atoms with Gasteiger partial charge in [-0.05, 0) is 11.6 Å². The Hall–Kier alpha value is -1.35. The van der Waals surface area contributed by atoms with Crippen LogP contribution in [-0.4, -0.2) is 10.6 Å². The zero-order chi connectivity index (χ0) is 11.7. The van der Waals surface area contributed by atoms with E-state index >= 15 is 0 Å². The maximum Gasteiger partial charge on any atom is 0.147 e. The summed E-state index contributed by atoms with van der Waals surface area (Å²) in [5.41, 5.74) is 1.83. The van der Waals surface area contributed by atoms with Gasteiger partial charge in [-0.2, -0.15) is 0 Å². The van der Waals surface area contributed by atoms with Crippen molar-refractivity contribution in [3.8, 4) is 0 Å². The average Bonchev–Trinajstić information content (AvgIpc) is 2.54. The second-order valence-corrected chi connectivity index (χ2v) is 4.44. The van der Waals surface area contributed by atoms with Crippen molar-refractivity contribution in [1.29, 1.82) is 0 Å². The molecular weight excluding hydrogens is 203 g/mol. The predicted octanol–water partition coefficient (Wildman–Crippen LogP) is 2.82. The van der Waals surface area contributed by atoms with E-state index in [1.807, 2.05) is 23.9 Å². The van der Waals surface area contributed by atoms with E-state index in [1.165, 1.54) is 6.07 Å². The molecular formula is C13H17FN2. The molecule has 1 aromatic carbocycles. The molecule has 0 atom stereocenters. The highest BCUT2D eigenvalue weighted by atomic mass is 19.1. The highest BCUT2D eigenvalue weighted by molar-refractivity contribution is 5.84. The normalized spacial score (nSPS) is 11.6. The molecule has 86 valence electrons. The molecule has 0 amide bonds. The minimum Gasteiger partial charge on any atom is -0.348 e. The van der Waals surface area contributed by atoms with Crippen LogP contribution in [0.15, 0.2) is 24.4 Å². The third kappa shape index (κ3) is 1.95. The number of rotatable bonds is 3. The van der Waals surface area contributed by atoms with Crippen LogP contribution in [0.1, 0.15) is 19.4 Å². The molecule has 0 saturated heterocycles. The molecule has 0 aliphatic rings. The molecule has 0 radical (unpaired) electrons. The van der Waals surface area contributed by atoms with E-state index < -0.39 is 0 Å². The van der Waals surface area contributed by atoms with Crippen molar-refractivity contribution in [1.82, 2.24) is 9.88 Å². The van der Waals surface area contributed by atoms with Gasteiger partial charge in [-0.1, -0.05) is 26.0 Å². The van der Waals surface area contributed by atoms with Gasteiger partial charge in [0.2, 0.25) is 0 Å². The number of hydrogen-bond donors (Lipinski definition) is 1. The van der Waals surface area contributed by atoms with E-state index in [0.29, 0.717) is 11.6 Å². The zero-order valence-electron chi connectivity index (χ0n) is 9.92. The fourth-order valence-corrected chi connectivity index (χ4v) is 1.96. The van der Waals surface area contributed by atoms with Gasteiger partial charge in [0.15, 0.2) is 0 Å². The van der Waals surface area contributed by atoms with E-state index in [0.717, 1.165) is 17.5 Å². The zero-order valence-corrected chi connectivity index (χ0v) is 9.92. The minimum absolute atomic E-state index is 0.157. The summed E-state index contributed by atoms with van der Waals surface area (Å²) in [6.45, 7) is 4.98. The molecule has 0 bridgehead atoms. The van der Waals surface area contributed by atoms with Gasteiger partial charge in [-0.3, -0.25) is 0 Å². The van der Waals surface area contributed by atoms with Gasteiger partial charge in [0.25, 0.3) is 0 Å². The minimum atomic E-state index is -0.157. The number of fused-ring (bicyclic) bond motifs is 1. The van der Waals surface area contributed by atoms with Crippen LogP contribution in [0.25, 0.3) is 10.9 Å². The Morgan fingerprint density at radius 1 is 1.38 bits per heavy atom. The Bertz CT molecular complexity index is 500. The third-order valence-electron chi connectivity index (χ3n) is 2.74. The summed E-state index contributed by atoms with van der Waals surface area (Å²) >= 11 is 0. The molecule has 0 saturated carbocycles. The number of nitrogens with zero attached hydrogens (tertiary/aromatic N) is 1. The van der Waals surface area contributed by atoms with Crippen molar-refractivity contribution in [2.45, 2.75) is 26.4 Å². The van der Waals surface area contributed by atoms with E-state index in [1.54, 1.807) is 6.07 Å². The fourth-order valence-electron chi connectivity index (χ4n) is 1.96. The molecule has 2 aromatic rings. The van der Waals surface area contributed by atoms with E-state index in [2.05, 4.69) is 19.2 Å². The molecule has 2 rings (SSSR count). The molecule has 0 aliphatic carbocycles. The lowest BCUT2D eigenvalue weighted by atomic mass is 10.1. The second-order valence-electron chi connectivity index (χ2n) is 4.44. The molecule has 0 unspecified atom stereocenters. The van der Waals surface area contributed by atoms with Gasteiger partial charge < -0.3 is 9.88 Å². The van der Waals surface area contributed by atoms with Crippen molar-refractivity contribution in [3.05, 3.63) is 35.8 Å².